The summed E-state index contributed by atoms with van der Waals surface area (Å²) in [7, 11) is -4.83. The molecule has 4 N–H and O–H groups in total. The van der Waals surface area contributed by atoms with E-state index < -0.39 is 44.7 Å². The second-order valence-electron chi connectivity index (χ2n) is 15.1. The van der Waals surface area contributed by atoms with Gasteiger partial charge < -0.3 is 29.5 Å². The van der Waals surface area contributed by atoms with Crippen LogP contribution in [0, 0.1) is 11.8 Å². The Labute approximate surface area is 343 Å². The van der Waals surface area contributed by atoms with E-state index in [-0.39, 0.29) is 43.5 Å². The van der Waals surface area contributed by atoms with Gasteiger partial charge in [0.1, 0.15) is 12.4 Å². The Morgan fingerprint density at radius 2 is 1.28 bits per heavy atom. The molecule has 1 fully saturated rings. The summed E-state index contributed by atoms with van der Waals surface area (Å²) in [6.07, 6.45) is 37.0. The molecular weight excluding hydrogens is 747 g/mol. The molecule has 1 aliphatic carbocycles. The van der Waals surface area contributed by atoms with Gasteiger partial charge in [-0.15, -0.1) is 0 Å². The molecule has 11 nitrogen and oxygen atoms in total. The predicted molar refractivity (Wildman–Crippen MR) is 226 cm³/mol. The van der Waals surface area contributed by atoms with Crippen molar-refractivity contribution in [2.45, 2.75) is 180 Å². The largest absolute Gasteiger partial charge is 0.469 e. The summed E-state index contributed by atoms with van der Waals surface area (Å²) >= 11 is 0. The van der Waals surface area contributed by atoms with E-state index in [4.69, 9.17) is 19.3 Å². The Bertz CT molecular complexity index is 1270. The van der Waals surface area contributed by atoms with Crippen molar-refractivity contribution in [3.05, 3.63) is 60.8 Å². The Hall–Kier alpha value is -2.66. The van der Waals surface area contributed by atoms with E-state index in [1.165, 1.54) is 25.7 Å². The lowest BCUT2D eigenvalue weighted by Gasteiger charge is -2.18. The van der Waals surface area contributed by atoms with Gasteiger partial charge in [-0.05, 0) is 70.6 Å². The van der Waals surface area contributed by atoms with Crippen molar-refractivity contribution in [2.75, 3.05) is 13.2 Å². The molecule has 1 rings (SSSR count). The zero-order chi connectivity index (χ0) is 42.0. The average molecular weight is 823 g/mol. The van der Waals surface area contributed by atoms with Gasteiger partial charge in [-0.2, -0.15) is 0 Å². The number of esters is 2. The highest BCUT2D eigenvalue weighted by Gasteiger charge is 2.39. The number of hydrogen-bond acceptors (Lipinski definition) is 9. The molecule has 0 bridgehead atoms. The lowest BCUT2D eigenvalue weighted by Crippen LogP contribution is -2.29. The van der Waals surface area contributed by atoms with Gasteiger partial charge in [0.2, 0.25) is 0 Å². The molecule has 0 unspecified atom stereocenters. The van der Waals surface area contributed by atoms with Crippen molar-refractivity contribution in [3.8, 4) is 0 Å². The number of phosphoric ester groups is 1. The van der Waals surface area contributed by atoms with Crippen LogP contribution in [0.5, 0.6) is 0 Å². The van der Waals surface area contributed by atoms with E-state index in [0.717, 1.165) is 77.0 Å². The van der Waals surface area contributed by atoms with E-state index in [1.54, 1.807) is 12.2 Å². The van der Waals surface area contributed by atoms with E-state index >= 15 is 0 Å². The number of rotatable bonds is 35. The van der Waals surface area contributed by atoms with E-state index in [9.17, 15) is 29.2 Å². The van der Waals surface area contributed by atoms with Gasteiger partial charge in [0.05, 0.1) is 18.8 Å². The molecule has 5 atom stereocenters. The number of hydrogen-bond donors (Lipinski definition) is 4. The number of unbranched alkanes of at least 4 members (excludes halogenated alkanes) is 11. The fourth-order valence-electron chi connectivity index (χ4n) is 6.60. The maximum absolute atomic E-state index is 12.5. The second-order valence-corrected chi connectivity index (χ2v) is 16.3. The van der Waals surface area contributed by atoms with Crippen molar-refractivity contribution in [1.29, 1.82) is 0 Å². The highest BCUT2D eigenvalue weighted by atomic mass is 31.2. The summed E-state index contributed by atoms with van der Waals surface area (Å²) < 4.78 is 26.4. The van der Waals surface area contributed by atoms with Crippen molar-refractivity contribution >= 4 is 25.5 Å². The molecule has 12 heteroatoms. The summed E-state index contributed by atoms with van der Waals surface area (Å²) in [6.45, 7) is 3.32. The van der Waals surface area contributed by atoms with Gasteiger partial charge in [0.25, 0.3) is 0 Å². The van der Waals surface area contributed by atoms with Gasteiger partial charge >= 0.3 is 19.8 Å². The number of carbonyl (C=O) groups excluding carboxylic acids is 3. The first-order valence-corrected chi connectivity index (χ1v) is 23.2. The van der Waals surface area contributed by atoms with Crippen molar-refractivity contribution in [1.82, 2.24) is 0 Å². The lowest BCUT2D eigenvalue weighted by molar-refractivity contribution is -0.161. The van der Waals surface area contributed by atoms with Crippen LogP contribution in [0.1, 0.15) is 162 Å². The monoisotopic (exact) mass is 823 g/mol. The number of carbonyl (C=O) groups is 3. The zero-order valence-corrected chi connectivity index (χ0v) is 35.8. The van der Waals surface area contributed by atoms with Gasteiger partial charge in [-0.25, -0.2) is 4.57 Å². The fourth-order valence-corrected chi connectivity index (χ4v) is 6.96. The maximum Gasteiger partial charge on any atom is 0.469 e. The van der Waals surface area contributed by atoms with Crippen LogP contribution in [0.25, 0.3) is 0 Å². The highest BCUT2D eigenvalue weighted by Crippen LogP contribution is 2.36. The molecule has 1 saturated carbocycles. The Morgan fingerprint density at radius 3 is 1.89 bits per heavy atom. The number of Topliss-reactive ketones (excluding diaryl/α,β-unsaturated/α-hetero) is 1. The van der Waals surface area contributed by atoms with Crippen LogP contribution in [0.15, 0.2) is 60.8 Å². The minimum Gasteiger partial charge on any atom is -0.462 e. The first kappa shape index (κ1) is 52.4. The SMILES string of the molecule is CCCCC/C=C\C/C=C\C/C=C\C/C=C\CCCCCC(=O)O[C@H](COC(=O)CCCCCC[C@H]1C(=O)C[C@@H](O)[C@@H]1/C=C/[C@@H](O)CCCCC)COP(=O)(O)O. The van der Waals surface area contributed by atoms with Crippen LogP contribution in [-0.4, -0.2) is 69.2 Å². The van der Waals surface area contributed by atoms with Gasteiger partial charge in [-0.3, -0.25) is 18.9 Å². The minimum atomic E-state index is -4.83. The average Bonchev–Trinajstić information content (AvgIpc) is 3.44. The summed E-state index contributed by atoms with van der Waals surface area (Å²) in [4.78, 5) is 55.6. The Kier molecular flexibility index (Phi) is 31.4. The molecule has 1 aliphatic rings. The normalized spacial score (nSPS) is 18.9. The summed E-state index contributed by atoms with van der Waals surface area (Å²) in [5.41, 5.74) is 0. The molecule has 0 saturated heterocycles. The Morgan fingerprint density at radius 1 is 0.737 bits per heavy atom. The van der Waals surface area contributed by atoms with Crippen LogP contribution >= 0.6 is 7.82 Å². The summed E-state index contributed by atoms with van der Waals surface area (Å²) in [5, 5.41) is 20.6. The zero-order valence-electron chi connectivity index (χ0n) is 34.9. The van der Waals surface area contributed by atoms with E-state index in [0.29, 0.717) is 25.7 Å². The number of phosphoric acid groups is 1. The smallest absolute Gasteiger partial charge is 0.462 e. The van der Waals surface area contributed by atoms with Crippen LogP contribution < -0.4 is 0 Å². The fraction of sp³-hybridized carbons (Fsp3) is 0.711. The van der Waals surface area contributed by atoms with Crippen molar-refractivity contribution in [3.63, 3.8) is 0 Å². The van der Waals surface area contributed by atoms with Gasteiger partial charge in [0, 0.05) is 31.1 Å². The minimum absolute atomic E-state index is 0.0393. The van der Waals surface area contributed by atoms with Crippen LogP contribution in [0.2, 0.25) is 0 Å². The van der Waals surface area contributed by atoms with E-state index in [1.807, 2.05) is 0 Å². The molecular formula is C45H75O11P. The topological polar surface area (TPSA) is 177 Å². The second kappa shape index (κ2) is 34.2. The molecule has 0 aromatic heterocycles. The van der Waals surface area contributed by atoms with Crippen molar-refractivity contribution in [2.24, 2.45) is 11.8 Å². The predicted octanol–water partition coefficient (Wildman–Crippen LogP) is 9.88. The Balaban J connectivity index is 2.27. The molecule has 57 heavy (non-hydrogen) atoms. The standard InChI is InChI=1S/C45H75O11P/c1-3-5-7-8-9-10-11-12-13-14-15-16-17-18-19-20-21-22-28-32-45(50)56-39(37-55-57(51,52)53)36-54-44(49)31-27-24-23-26-30-40-41(43(48)35-42(40)47)34-33-38(46)29-25-6-4-2/h9-10,12-13,15-16,18-19,33-34,38-41,43,46,48H,3-8,11,14,17,20-32,35-37H2,1-2H3,(H2,51,52,53)/b10-9-,13-12-,16-15-,19-18-,34-33+/t38-,39+,40+,41+,43+/m0/s1. The molecule has 0 aromatic rings. The molecule has 0 radical (unpaired) electrons. The molecule has 326 valence electrons. The summed E-state index contributed by atoms with van der Waals surface area (Å²) in [6, 6.07) is 0. The molecule has 0 aliphatic heterocycles. The van der Waals surface area contributed by atoms with Gasteiger partial charge in [0.15, 0.2) is 6.10 Å². The lowest BCUT2D eigenvalue weighted by atomic mass is 9.88. The third-order valence-electron chi connectivity index (χ3n) is 9.90. The van der Waals surface area contributed by atoms with Crippen LogP contribution in [0.3, 0.4) is 0 Å². The number of aliphatic hydroxyl groups excluding tert-OH is 2. The number of allylic oxidation sites excluding steroid dienone is 8. The quantitative estimate of drug-likeness (QED) is 0.0207. The molecule has 0 aromatic carbocycles. The maximum atomic E-state index is 12.5. The molecule has 0 spiro atoms. The number of aliphatic hydroxyl groups is 2. The highest BCUT2D eigenvalue weighted by molar-refractivity contribution is 7.46. The van der Waals surface area contributed by atoms with Gasteiger partial charge in [-0.1, -0.05) is 132 Å². The van der Waals surface area contributed by atoms with E-state index in [2.05, 4.69) is 67.0 Å². The third-order valence-corrected chi connectivity index (χ3v) is 10.4. The first-order valence-electron chi connectivity index (χ1n) is 21.7. The van der Waals surface area contributed by atoms with Crippen LogP contribution in [-0.2, 0) is 32.9 Å². The first-order chi connectivity index (χ1) is 27.5. The molecule has 0 heterocycles. The summed E-state index contributed by atoms with van der Waals surface area (Å²) in [5.74, 6) is -1.63. The molecule has 0 amide bonds. The van der Waals surface area contributed by atoms with Crippen LogP contribution in [0.4, 0.5) is 0 Å². The number of ketones is 1. The third kappa shape index (κ3) is 30.1. The van der Waals surface area contributed by atoms with Crippen molar-refractivity contribution < 1.29 is 52.9 Å². The number of ether oxygens (including phenoxy) is 2.